The first kappa shape index (κ1) is 18.5. The molecule has 1 N–H and O–H groups in total. The fourth-order valence-corrected chi connectivity index (χ4v) is 3.17. The van der Waals surface area contributed by atoms with E-state index in [1.165, 1.54) is 41.9 Å². The summed E-state index contributed by atoms with van der Waals surface area (Å²) in [5.41, 5.74) is 1.01. The van der Waals surface area contributed by atoms with E-state index in [0.717, 1.165) is 4.90 Å². The van der Waals surface area contributed by atoms with Crippen LogP contribution in [0.2, 0.25) is 0 Å². The number of halogens is 2. The second kappa shape index (κ2) is 8.30. The molecule has 2 rings (SSSR count). The number of hydrogen-bond acceptors (Lipinski definition) is 3. The topological polar surface area (TPSA) is 49.4 Å². The van der Waals surface area contributed by atoms with Gasteiger partial charge in [0, 0.05) is 16.4 Å². The summed E-state index contributed by atoms with van der Waals surface area (Å²) in [4.78, 5) is 26.8. The fourth-order valence-electron chi connectivity index (χ4n) is 2.09. The maximum atomic E-state index is 13.1. The number of hydrogen-bond donors (Lipinski definition) is 1. The monoisotopic (exact) mass is 410 g/mol. The van der Waals surface area contributed by atoms with Crippen LogP contribution in [0, 0.1) is 5.82 Å². The number of benzene rings is 2. The first-order valence-electron chi connectivity index (χ1n) is 7.05. The number of likely N-dealkylation sites (N-methyl/N-ethyl adjacent to an activating group) is 1. The van der Waals surface area contributed by atoms with Gasteiger partial charge in [0.05, 0.1) is 17.8 Å². The number of rotatable bonds is 5. The molecule has 0 aliphatic rings. The van der Waals surface area contributed by atoms with Crippen molar-refractivity contribution < 1.29 is 14.0 Å². The Balaban J connectivity index is 2.04. The minimum Gasteiger partial charge on any atom is -0.332 e. The van der Waals surface area contributed by atoms with Gasteiger partial charge in [0.2, 0.25) is 5.91 Å². The summed E-state index contributed by atoms with van der Waals surface area (Å²) in [5.74, 6) is -1.10. The second-order valence-electron chi connectivity index (χ2n) is 5.03. The highest BCUT2D eigenvalue weighted by Crippen LogP contribution is 2.24. The lowest BCUT2D eigenvalue weighted by atomic mass is 10.2. The quantitative estimate of drug-likeness (QED) is 0.757. The van der Waals surface area contributed by atoms with Crippen LogP contribution in [0.5, 0.6) is 0 Å². The summed E-state index contributed by atoms with van der Waals surface area (Å²) >= 11 is 4.69. The second-order valence-corrected chi connectivity index (χ2v) is 6.74. The first-order chi connectivity index (χ1) is 11.4. The van der Waals surface area contributed by atoms with Crippen LogP contribution in [0.3, 0.4) is 0 Å². The molecule has 0 spiro atoms. The third-order valence-electron chi connectivity index (χ3n) is 3.27. The van der Waals surface area contributed by atoms with Crippen LogP contribution in [0.4, 0.5) is 10.1 Å². The van der Waals surface area contributed by atoms with E-state index in [4.69, 9.17) is 0 Å². The molecule has 0 aliphatic carbocycles. The van der Waals surface area contributed by atoms with E-state index in [1.54, 1.807) is 0 Å². The Bertz CT molecular complexity index is 770. The smallest absolute Gasteiger partial charge is 0.255 e. The molecule has 2 aromatic rings. The largest absolute Gasteiger partial charge is 0.332 e. The van der Waals surface area contributed by atoms with Crippen molar-refractivity contribution in [1.82, 2.24) is 4.90 Å². The number of nitrogens with one attached hydrogen (secondary N) is 1. The molecule has 0 radical (unpaired) electrons. The lowest BCUT2D eigenvalue weighted by molar-refractivity contribution is -0.116. The highest BCUT2D eigenvalue weighted by molar-refractivity contribution is 9.10. The SMILES string of the molecule is CSc1ccccc1NC(=O)CN(C)C(=O)c1ccc(F)cc1Br. The van der Waals surface area contributed by atoms with E-state index in [0.29, 0.717) is 15.7 Å². The molecular weight excluding hydrogens is 395 g/mol. The van der Waals surface area contributed by atoms with Crippen molar-refractivity contribution in [2.75, 3.05) is 25.2 Å². The predicted molar refractivity (Wildman–Crippen MR) is 97.9 cm³/mol. The van der Waals surface area contributed by atoms with Gasteiger partial charge in [-0.1, -0.05) is 12.1 Å². The van der Waals surface area contributed by atoms with Crippen molar-refractivity contribution in [3.05, 3.63) is 58.3 Å². The number of carbonyl (C=O) groups excluding carboxylic acids is 2. The Morgan fingerprint density at radius 1 is 1.25 bits per heavy atom. The highest BCUT2D eigenvalue weighted by Gasteiger charge is 2.18. The van der Waals surface area contributed by atoms with Crippen LogP contribution in [0.25, 0.3) is 0 Å². The van der Waals surface area contributed by atoms with Crippen LogP contribution in [0.1, 0.15) is 10.4 Å². The van der Waals surface area contributed by atoms with Gasteiger partial charge < -0.3 is 10.2 Å². The summed E-state index contributed by atoms with van der Waals surface area (Å²) in [6, 6.07) is 11.3. The van der Waals surface area contributed by atoms with Crippen molar-refractivity contribution in [1.29, 1.82) is 0 Å². The fraction of sp³-hybridized carbons (Fsp3) is 0.176. The molecule has 24 heavy (non-hydrogen) atoms. The van der Waals surface area contributed by atoms with Crippen molar-refractivity contribution in [2.24, 2.45) is 0 Å². The molecule has 0 heterocycles. The average molecular weight is 411 g/mol. The Kier molecular flexibility index (Phi) is 6.39. The maximum Gasteiger partial charge on any atom is 0.255 e. The van der Waals surface area contributed by atoms with E-state index in [-0.39, 0.29) is 18.4 Å². The number of thioether (sulfide) groups is 1. The van der Waals surface area contributed by atoms with Crippen molar-refractivity contribution in [2.45, 2.75) is 4.90 Å². The summed E-state index contributed by atoms with van der Waals surface area (Å²) in [6.45, 7) is -0.106. The lowest BCUT2D eigenvalue weighted by Crippen LogP contribution is -2.35. The van der Waals surface area contributed by atoms with Gasteiger partial charge in [-0.3, -0.25) is 9.59 Å². The molecule has 0 saturated heterocycles. The van der Waals surface area contributed by atoms with Crippen LogP contribution >= 0.6 is 27.7 Å². The molecule has 7 heteroatoms. The highest BCUT2D eigenvalue weighted by atomic mass is 79.9. The van der Waals surface area contributed by atoms with Gasteiger partial charge in [-0.2, -0.15) is 0 Å². The van der Waals surface area contributed by atoms with Crippen molar-refractivity contribution >= 4 is 45.2 Å². The molecule has 0 fully saturated rings. The molecular formula is C17H16BrFN2O2S. The zero-order valence-electron chi connectivity index (χ0n) is 13.2. The Morgan fingerprint density at radius 2 is 1.96 bits per heavy atom. The summed E-state index contributed by atoms with van der Waals surface area (Å²) in [7, 11) is 1.53. The third kappa shape index (κ3) is 4.58. The van der Waals surface area contributed by atoms with Gasteiger partial charge in [-0.15, -0.1) is 11.8 Å². The Hall–Kier alpha value is -1.86. The summed E-state index contributed by atoms with van der Waals surface area (Å²) in [6.07, 6.45) is 1.92. The predicted octanol–water partition coefficient (Wildman–Crippen LogP) is 4.02. The Labute approximate surface area is 152 Å². The molecule has 126 valence electrons. The molecule has 4 nitrogen and oxygen atoms in total. The van der Waals surface area contributed by atoms with Gasteiger partial charge in [-0.05, 0) is 52.5 Å². The average Bonchev–Trinajstić information content (AvgIpc) is 2.54. The number of amides is 2. The first-order valence-corrected chi connectivity index (χ1v) is 9.07. The van der Waals surface area contributed by atoms with Gasteiger partial charge >= 0.3 is 0 Å². The summed E-state index contributed by atoms with van der Waals surface area (Å²) < 4.78 is 13.5. The van der Waals surface area contributed by atoms with Gasteiger partial charge in [-0.25, -0.2) is 4.39 Å². The molecule has 0 atom stereocenters. The van der Waals surface area contributed by atoms with E-state index >= 15 is 0 Å². The van der Waals surface area contributed by atoms with Crippen LogP contribution < -0.4 is 5.32 Å². The number of nitrogens with zero attached hydrogens (tertiary/aromatic N) is 1. The van der Waals surface area contributed by atoms with E-state index in [9.17, 15) is 14.0 Å². The number of anilines is 1. The minimum atomic E-state index is -0.438. The summed E-state index contributed by atoms with van der Waals surface area (Å²) in [5, 5.41) is 2.80. The molecule has 0 bridgehead atoms. The normalized spacial score (nSPS) is 10.3. The number of para-hydroxylation sites is 1. The Morgan fingerprint density at radius 3 is 2.62 bits per heavy atom. The minimum absolute atomic E-state index is 0.106. The van der Waals surface area contributed by atoms with Gasteiger partial charge in [0.1, 0.15) is 5.82 Å². The van der Waals surface area contributed by atoms with E-state index in [1.807, 2.05) is 30.5 Å². The zero-order chi connectivity index (χ0) is 17.7. The van der Waals surface area contributed by atoms with Crippen molar-refractivity contribution in [3.63, 3.8) is 0 Å². The third-order valence-corrected chi connectivity index (χ3v) is 4.72. The standard InChI is InChI=1S/C17H16BrFN2O2S/c1-21(17(23)12-8-7-11(19)9-13(12)18)10-16(22)20-14-5-3-4-6-15(14)24-2/h3-9H,10H2,1-2H3,(H,20,22). The van der Waals surface area contributed by atoms with Gasteiger partial charge in [0.15, 0.2) is 0 Å². The van der Waals surface area contributed by atoms with Crippen LogP contribution in [-0.4, -0.2) is 36.6 Å². The molecule has 2 amide bonds. The maximum absolute atomic E-state index is 13.1. The van der Waals surface area contributed by atoms with E-state index < -0.39 is 5.82 Å². The molecule has 0 unspecified atom stereocenters. The van der Waals surface area contributed by atoms with Crippen LogP contribution in [0.15, 0.2) is 51.8 Å². The van der Waals surface area contributed by atoms with E-state index in [2.05, 4.69) is 21.2 Å². The molecule has 0 saturated carbocycles. The van der Waals surface area contributed by atoms with Crippen LogP contribution in [-0.2, 0) is 4.79 Å². The molecule has 0 aliphatic heterocycles. The van der Waals surface area contributed by atoms with Gasteiger partial charge in [0.25, 0.3) is 5.91 Å². The van der Waals surface area contributed by atoms with Crippen molar-refractivity contribution in [3.8, 4) is 0 Å². The molecule has 2 aromatic carbocycles. The molecule has 0 aromatic heterocycles. The number of carbonyl (C=O) groups is 2. The zero-order valence-corrected chi connectivity index (χ0v) is 15.6. The lowest BCUT2D eigenvalue weighted by Gasteiger charge is -2.18.